The van der Waals surface area contributed by atoms with Crippen molar-refractivity contribution in [1.29, 1.82) is 0 Å². The number of nitrogens with zero attached hydrogens (tertiary/aromatic N) is 1. The number of benzene rings is 4. The summed E-state index contributed by atoms with van der Waals surface area (Å²) in [6.45, 7) is 7.56. The molecule has 0 radical (unpaired) electrons. The Morgan fingerprint density at radius 3 is 2.12 bits per heavy atom. The van der Waals surface area contributed by atoms with Gasteiger partial charge in [-0.1, -0.05) is 123 Å². The summed E-state index contributed by atoms with van der Waals surface area (Å²) in [4.78, 5) is 28.5. The molecule has 8 heteroatoms. The number of amides is 2. The monoisotopic (exact) mass is 731 g/mol. The number of ether oxygens (including phenoxy) is 1. The van der Waals surface area contributed by atoms with E-state index in [1.807, 2.05) is 36.4 Å². The Morgan fingerprint density at radius 2 is 1.52 bits per heavy atom. The molecule has 7 rings (SSSR count). The van der Waals surface area contributed by atoms with Crippen molar-refractivity contribution in [2.24, 2.45) is 17.8 Å². The fourth-order valence-electron chi connectivity index (χ4n) is 8.78. The standard InChI is InChI=1S/C44H46ClNO5Si/c1-44(2,3)52(34-16-10-6-11-17-34,35-18-12-7-13-19-35)51-27-32-25-36-41(43(49)46(4)42(36)48)37-28-50-39(40(32)37)23-21-30(29-14-8-5-9-15-29)24-31-20-22-33(47)26-38(31)45/h5-20,22,24,26,36-37,39,41,47H,21,23,25,27-28H2,1-4H3/b30-24-/t36-,37+,39-,41-/m1/s1. The molecule has 0 aromatic heterocycles. The molecule has 3 aliphatic rings. The van der Waals surface area contributed by atoms with Gasteiger partial charge in [-0.3, -0.25) is 14.5 Å². The summed E-state index contributed by atoms with van der Waals surface area (Å²) in [5.41, 5.74) is 5.20. The molecule has 4 aromatic rings. The molecule has 2 saturated heterocycles. The molecule has 1 aliphatic carbocycles. The van der Waals surface area contributed by atoms with Crippen LogP contribution in [0.2, 0.25) is 10.1 Å². The van der Waals surface area contributed by atoms with Crippen LogP contribution in [0.5, 0.6) is 5.75 Å². The van der Waals surface area contributed by atoms with E-state index in [1.54, 1.807) is 19.2 Å². The number of allylic oxidation sites excluding steroid dienone is 1. The number of phenolic OH excluding ortho intramolecular Hbond substituents is 1. The van der Waals surface area contributed by atoms with Crippen LogP contribution in [-0.4, -0.2) is 56.5 Å². The molecular weight excluding hydrogens is 686 g/mol. The zero-order valence-electron chi connectivity index (χ0n) is 30.2. The summed E-state index contributed by atoms with van der Waals surface area (Å²) in [5.74, 6) is -1.12. The minimum absolute atomic E-state index is 0.111. The fraction of sp³-hybridized carbons (Fsp3) is 0.318. The molecule has 268 valence electrons. The summed E-state index contributed by atoms with van der Waals surface area (Å²) < 4.78 is 14.1. The Morgan fingerprint density at radius 1 is 0.904 bits per heavy atom. The first-order chi connectivity index (χ1) is 25.0. The molecule has 1 N–H and O–H groups in total. The highest BCUT2D eigenvalue weighted by molar-refractivity contribution is 6.99. The molecule has 2 aliphatic heterocycles. The molecule has 0 bridgehead atoms. The average molecular weight is 732 g/mol. The third-order valence-corrected chi connectivity index (χ3v) is 16.6. The van der Waals surface area contributed by atoms with Crippen LogP contribution in [-0.2, 0) is 18.8 Å². The van der Waals surface area contributed by atoms with Crippen molar-refractivity contribution in [3.63, 3.8) is 0 Å². The molecule has 2 amide bonds. The molecule has 0 spiro atoms. The Hall–Kier alpha value is -4.27. The number of carbonyl (C=O) groups excluding carboxylic acids is 2. The minimum atomic E-state index is -2.89. The van der Waals surface area contributed by atoms with Gasteiger partial charge in [-0.25, -0.2) is 0 Å². The van der Waals surface area contributed by atoms with Crippen LogP contribution in [0.15, 0.2) is 120 Å². The number of carbonyl (C=O) groups is 2. The third-order valence-electron chi connectivity index (χ3n) is 11.2. The Balaban J connectivity index is 1.28. The maximum absolute atomic E-state index is 13.6. The van der Waals surface area contributed by atoms with Gasteiger partial charge in [0.1, 0.15) is 5.75 Å². The van der Waals surface area contributed by atoms with E-state index in [-0.39, 0.29) is 34.6 Å². The van der Waals surface area contributed by atoms with Crippen LogP contribution in [0.3, 0.4) is 0 Å². The smallest absolute Gasteiger partial charge is 0.261 e. The van der Waals surface area contributed by atoms with Gasteiger partial charge in [0.05, 0.1) is 36.2 Å². The second-order valence-corrected chi connectivity index (χ2v) is 20.0. The van der Waals surface area contributed by atoms with Gasteiger partial charge in [0.15, 0.2) is 0 Å². The predicted molar refractivity (Wildman–Crippen MR) is 210 cm³/mol. The van der Waals surface area contributed by atoms with Gasteiger partial charge >= 0.3 is 0 Å². The SMILES string of the molecule is CN1C(=O)[C@@H]2[C@@H](CC(CO[Si](c3ccccc3)(c3ccccc3)C(C)(C)C)=C3[C@@H](CC/C(=C/c4ccc(O)cc4Cl)c4ccccc4)OC[C@@H]32)C1=O. The van der Waals surface area contributed by atoms with Crippen molar-refractivity contribution >= 4 is 53.8 Å². The first kappa shape index (κ1) is 36.1. The van der Waals surface area contributed by atoms with Gasteiger partial charge in [0.2, 0.25) is 11.8 Å². The van der Waals surface area contributed by atoms with Gasteiger partial charge in [-0.2, -0.15) is 0 Å². The van der Waals surface area contributed by atoms with Gasteiger partial charge in [0.25, 0.3) is 8.32 Å². The van der Waals surface area contributed by atoms with Crippen molar-refractivity contribution < 1.29 is 23.9 Å². The van der Waals surface area contributed by atoms with E-state index in [0.717, 1.165) is 27.8 Å². The zero-order valence-corrected chi connectivity index (χ0v) is 32.0. The second kappa shape index (κ2) is 14.6. The summed E-state index contributed by atoms with van der Waals surface area (Å²) in [6, 6.07) is 36.4. The van der Waals surface area contributed by atoms with Crippen molar-refractivity contribution in [2.75, 3.05) is 20.3 Å². The van der Waals surface area contributed by atoms with Crippen molar-refractivity contribution in [1.82, 2.24) is 4.90 Å². The van der Waals surface area contributed by atoms with Gasteiger partial charge in [-0.15, -0.1) is 0 Å². The first-order valence-corrected chi connectivity index (χ1v) is 20.4. The van der Waals surface area contributed by atoms with E-state index in [2.05, 4.69) is 87.5 Å². The molecule has 52 heavy (non-hydrogen) atoms. The normalized spacial score (nSPS) is 22.2. The number of imide groups is 1. The number of halogens is 1. The van der Waals surface area contributed by atoms with Crippen molar-refractivity contribution in [2.45, 2.75) is 51.2 Å². The average Bonchev–Trinajstić information content (AvgIpc) is 3.66. The minimum Gasteiger partial charge on any atom is -0.508 e. The van der Waals surface area contributed by atoms with Crippen LogP contribution in [0.25, 0.3) is 11.6 Å². The van der Waals surface area contributed by atoms with Gasteiger partial charge in [0, 0.05) is 13.0 Å². The lowest BCUT2D eigenvalue weighted by atomic mass is 9.69. The lowest BCUT2D eigenvalue weighted by Crippen LogP contribution is -2.66. The highest BCUT2D eigenvalue weighted by atomic mass is 35.5. The zero-order chi connectivity index (χ0) is 36.6. The second-order valence-electron chi connectivity index (χ2n) is 15.3. The third kappa shape index (κ3) is 6.60. The van der Waals surface area contributed by atoms with E-state index in [9.17, 15) is 14.7 Å². The number of phenols is 1. The van der Waals surface area contributed by atoms with Crippen molar-refractivity contribution in [3.8, 4) is 5.75 Å². The molecule has 0 saturated carbocycles. The van der Waals surface area contributed by atoms with Crippen LogP contribution < -0.4 is 10.4 Å². The number of rotatable bonds is 10. The lowest BCUT2D eigenvalue weighted by Gasteiger charge is -2.44. The molecule has 0 unspecified atom stereocenters. The Kier molecular flexibility index (Phi) is 10.2. The highest BCUT2D eigenvalue weighted by Gasteiger charge is 2.57. The topological polar surface area (TPSA) is 76.1 Å². The van der Waals surface area contributed by atoms with Gasteiger partial charge < -0.3 is 14.3 Å². The highest BCUT2D eigenvalue weighted by Crippen LogP contribution is 2.50. The summed E-state index contributed by atoms with van der Waals surface area (Å²) in [7, 11) is -1.28. The summed E-state index contributed by atoms with van der Waals surface area (Å²) in [5, 5.41) is 12.6. The number of fused-ring (bicyclic) bond motifs is 3. The van der Waals surface area contributed by atoms with Crippen LogP contribution >= 0.6 is 11.6 Å². The number of hydrogen-bond donors (Lipinski definition) is 1. The summed E-state index contributed by atoms with van der Waals surface area (Å²) in [6.07, 6.45) is 3.69. The van der Waals surface area contributed by atoms with Crippen LogP contribution in [0.4, 0.5) is 0 Å². The Labute approximate surface area is 312 Å². The molecule has 2 fully saturated rings. The molecule has 4 atom stereocenters. The first-order valence-electron chi connectivity index (χ1n) is 18.1. The van der Waals surface area contributed by atoms with E-state index in [1.165, 1.54) is 15.3 Å². The quantitative estimate of drug-likeness (QED) is 0.0778. The number of hydrogen-bond acceptors (Lipinski definition) is 5. The lowest BCUT2D eigenvalue weighted by molar-refractivity contribution is -0.138. The largest absolute Gasteiger partial charge is 0.508 e. The molecule has 2 heterocycles. The van der Waals surface area contributed by atoms with Crippen molar-refractivity contribution in [3.05, 3.63) is 136 Å². The predicted octanol–water partition coefficient (Wildman–Crippen LogP) is 7.89. The van der Waals surface area contributed by atoms with E-state index in [4.69, 9.17) is 20.8 Å². The summed E-state index contributed by atoms with van der Waals surface area (Å²) >= 11 is 6.57. The molecule has 4 aromatic carbocycles. The molecule has 6 nitrogen and oxygen atoms in total. The van der Waals surface area contributed by atoms with Crippen LogP contribution in [0.1, 0.15) is 51.2 Å². The molecular formula is C44H46ClNO5Si. The van der Waals surface area contributed by atoms with E-state index >= 15 is 0 Å². The number of likely N-dealkylation sites (tertiary alicyclic amines) is 1. The van der Waals surface area contributed by atoms with Gasteiger partial charge in [-0.05, 0) is 86.8 Å². The fourth-order valence-corrected chi connectivity index (χ4v) is 13.6. The maximum Gasteiger partial charge on any atom is 0.261 e. The Bertz CT molecular complexity index is 1970. The van der Waals surface area contributed by atoms with Crippen LogP contribution in [0, 0.1) is 17.8 Å². The number of aromatic hydroxyl groups is 1. The maximum atomic E-state index is 13.6. The van der Waals surface area contributed by atoms with E-state index < -0.39 is 20.2 Å². The van der Waals surface area contributed by atoms with E-state index in [0.29, 0.717) is 37.5 Å².